The minimum atomic E-state index is 0.721. The minimum Gasteiger partial charge on any atom is -0.372 e. The summed E-state index contributed by atoms with van der Waals surface area (Å²) in [6.07, 6.45) is 1.80. The average Bonchev–Trinajstić information content (AvgIpc) is 3.13. The Morgan fingerprint density at radius 1 is 1.08 bits per heavy atom. The number of hydrogen-bond acceptors (Lipinski definition) is 5. The molecule has 0 amide bonds. The van der Waals surface area contributed by atoms with Gasteiger partial charge in [-0.1, -0.05) is 35.9 Å². The number of benzene rings is 2. The maximum atomic E-state index is 5.92. The first-order chi connectivity index (χ1) is 12.7. The van der Waals surface area contributed by atoms with E-state index in [1.807, 2.05) is 29.6 Å². The van der Waals surface area contributed by atoms with Gasteiger partial charge in [0.1, 0.15) is 0 Å². The van der Waals surface area contributed by atoms with Gasteiger partial charge in [-0.3, -0.25) is 5.43 Å². The number of nitrogens with one attached hydrogen (secondary N) is 1. The standard InChI is InChI=1S/C20H21ClN4S/c1-3-25(4-2)18-11-5-15(6-12-18)13-22-24-20-23-19(14-26-20)16-7-9-17(21)10-8-16/h5-14H,3-4H2,1-2H3,(H,23,24). The molecule has 0 bridgehead atoms. The fraction of sp³-hybridized carbons (Fsp3) is 0.200. The van der Waals surface area contributed by atoms with E-state index in [2.05, 4.69) is 58.5 Å². The zero-order chi connectivity index (χ0) is 18.4. The maximum absolute atomic E-state index is 5.92. The first-order valence-corrected chi connectivity index (χ1v) is 9.81. The molecule has 0 saturated heterocycles. The molecule has 4 nitrogen and oxygen atoms in total. The van der Waals surface area contributed by atoms with E-state index in [1.165, 1.54) is 17.0 Å². The Kier molecular flexibility index (Phi) is 6.26. The Labute approximate surface area is 163 Å². The van der Waals surface area contributed by atoms with E-state index in [0.29, 0.717) is 0 Å². The van der Waals surface area contributed by atoms with Crippen LogP contribution in [0.2, 0.25) is 5.02 Å². The first kappa shape index (κ1) is 18.4. The fourth-order valence-corrected chi connectivity index (χ4v) is 3.39. The van der Waals surface area contributed by atoms with Crippen molar-refractivity contribution in [3.63, 3.8) is 0 Å². The summed E-state index contributed by atoms with van der Waals surface area (Å²) < 4.78 is 0. The van der Waals surface area contributed by atoms with Gasteiger partial charge in [0.2, 0.25) is 5.13 Å². The summed E-state index contributed by atoms with van der Waals surface area (Å²) >= 11 is 7.44. The highest BCUT2D eigenvalue weighted by Gasteiger charge is 2.04. The van der Waals surface area contributed by atoms with Crippen molar-refractivity contribution in [2.75, 3.05) is 23.4 Å². The number of anilines is 2. The lowest BCUT2D eigenvalue weighted by Gasteiger charge is -2.20. The molecule has 0 atom stereocenters. The number of rotatable bonds is 7. The Bertz CT molecular complexity index is 852. The molecular weight excluding hydrogens is 364 g/mol. The van der Waals surface area contributed by atoms with Crippen LogP contribution >= 0.6 is 22.9 Å². The molecule has 6 heteroatoms. The molecule has 0 spiro atoms. The van der Waals surface area contributed by atoms with Gasteiger partial charge in [-0.15, -0.1) is 11.3 Å². The van der Waals surface area contributed by atoms with E-state index in [4.69, 9.17) is 11.6 Å². The van der Waals surface area contributed by atoms with Crippen molar-refractivity contribution in [3.8, 4) is 11.3 Å². The molecular formula is C20H21ClN4S. The zero-order valence-electron chi connectivity index (χ0n) is 14.8. The van der Waals surface area contributed by atoms with Crippen LogP contribution in [0.1, 0.15) is 19.4 Å². The minimum absolute atomic E-state index is 0.721. The van der Waals surface area contributed by atoms with Crippen molar-refractivity contribution >= 4 is 40.0 Å². The number of hydrogen-bond donors (Lipinski definition) is 1. The van der Waals surface area contributed by atoms with E-state index in [0.717, 1.165) is 40.1 Å². The van der Waals surface area contributed by atoms with Crippen LogP contribution in [0.25, 0.3) is 11.3 Å². The third-order valence-corrected chi connectivity index (χ3v) is 5.04. The Hall–Kier alpha value is -2.37. The monoisotopic (exact) mass is 384 g/mol. The summed E-state index contributed by atoms with van der Waals surface area (Å²) in [7, 11) is 0. The number of halogens is 1. The van der Waals surface area contributed by atoms with E-state index in [1.54, 1.807) is 6.21 Å². The molecule has 0 aliphatic heterocycles. The summed E-state index contributed by atoms with van der Waals surface area (Å²) in [5, 5.41) is 7.76. The molecule has 3 aromatic rings. The summed E-state index contributed by atoms with van der Waals surface area (Å²) in [5.41, 5.74) is 7.22. The summed E-state index contributed by atoms with van der Waals surface area (Å²) in [6, 6.07) is 16.0. The van der Waals surface area contributed by atoms with Gasteiger partial charge in [0.05, 0.1) is 11.9 Å². The van der Waals surface area contributed by atoms with Crippen molar-refractivity contribution in [3.05, 3.63) is 64.5 Å². The van der Waals surface area contributed by atoms with Crippen molar-refractivity contribution in [2.24, 2.45) is 5.10 Å². The lowest BCUT2D eigenvalue weighted by atomic mass is 10.2. The molecule has 0 saturated carbocycles. The van der Waals surface area contributed by atoms with Gasteiger partial charge in [-0.25, -0.2) is 4.98 Å². The van der Waals surface area contributed by atoms with Gasteiger partial charge in [-0.05, 0) is 43.7 Å². The first-order valence-electron chi connectivity index (χ1n) is 8.55. The quantitative estimate of drug-likeness (QED) is 0.416. The second-order valence-electron chi connectivity index (χ2n) is 5.68. The van der Waals surface area contributed by atoms with Crippen molar-refractivity contribution in [1.82, 2.24) is 4.98 Å². The molecule has 2 aromatic carbocycles. The number of thiazole rings is 1. The zero-order valence-corrected chi connectivity index (χ0v) is 16.4. The second kappa shape index (κ2) is 8.83. The van der Waals surface area contributed by atoms with Gasteiger partial charge >= 0.3 is 0 Å². The van der Waals surface area contributed by atoms with Crippen molar-refractivity contribution in [1.29, 1.82) is 0 Å². The summed E-state index contributed by atoms with van der Waals surface area (Å²) in [5.74, 6) is 0. The van der Waals surface area contributed by atoms with Crippen LogP contribution in [0, 0.1) is 0 Å². The van der Waals surface area contributed by atoms with Crippen LogP contribution in [0.15, 0.2) is 59.0 Å². The predicted octanol–water partition coefficient (Wildman–Crippen LogP) is 5.76. The van der Waals surface area contributed by atoms with E-state index < -0.39 is 0 Å². The number of aromatic nitrogens is 1. The highest BCUT2D eigenvalue weighted by molar-refractivity contribution is 7.14. The van der Waals surface area contributed by atoms with Gasteiger partial charge in [0.25, 0.3) is 0 Å². The highest BCUT2D eigenvalue weighted by atomic mass is 35.5. The van der Waals surface area contributed by atoms with Crippen LogP contribution in [-0.4, -0.2) is 24.3 Å². The van der Waals surface area contributed by atoms with Gasteiger partial charge in [0, 0.05) is 34.7 Å². The van der Waals surface area contributed by atoms with Gasteiger partial charge in [0.15, 0.2) is 0 Å². The van der Waals surface area contributed by atoms with Crippen molar-refractivity contribution in [2.45, 2.75) is 13.8 Å². The smallest absolute Gasteiger partial charge is 0.203 e. The Morgan fingerprint density at radius 2 is 1.77 bits per heavy atom. The predicted molar refractivity (Wildman–Crippen MR) is 114 cm³/mol. The third kappa shape index (κ3) is 4.62. The van der Waals surface area contributed by atoms with Crippen LogP contribution in [-0.2, 0) is 0 Å². The molecule has 26 heavy (non-hydrogen) atoms. The van der Waals surface area contributed by atoms with E-state index in [9.17, 15) is 0 Å². The second-order valence-corrected chi connectivity index (χ2v) is 6.97. The molecule has 1 aromatic heterocycles. The van der Waals surface area contributed by atoms with Crippen LogP contribution in [0.4, 0.5) is 10.8 Å². The Morgan fingerprint density at radius 3 is 2.42 bits per heavy atom. The van der Waals surface area contributed by atoms with Crippen LogP contribution in [0.3, 0.4) is 0 Å². The molecule has 3 rings (SSSR count). The van der Waals surface area contributed by atoms with E-state index in [-0.39, 0.29) is 0 Å². The lowest BCUT2D eigenvalue weighted by Crippen LogP contribution is -2.21. The van der Waals surface area contributed by atoms with Crippen LogP contribution < -0.4 is 10.3 Å². The third-order valence-electron chi connectivity index (χ3n) is 4.04. The normalized spacial score (nSPS) is 11.0. The molecule has 0 unspecified atom stereocenters. The van der Waals surface area contributed by atoms with Gasteiger partial charge in [-0.2, -0.15) is 5.10 Å². The number of hydrazone groups is 1. The SMILES string of the molecule is CCN(CC)c1ccc(C=NNc2nc(-c3ccc(Cl)cc3)cs2)cc1. The molecule has 1 heterocycles. The van der Waals surface area contributed by atoms with E-state index >= 15 is 0 Å². The molecule has 134 valence electrons. The maximum Gasteiger partial charge on any atom is 0.203 e. The Balaban J connectivity index is 1.61. The van der Waals surface area contributed by atoms with Crippen molar-refractivity contribution < 1.29 is 0 Å². The lowest BCUT2D eigenvalue weighted by molar-refractivity contribution is 0.866. The molecule has 0 aliphatic carbocycles. The fourth-order valence-electron chi connectivity index (χ4n) is 2.60. The topological polar surface area (TPSA) is 40.5 Å². The summed E-state index contributed by atoms with van der Waals surface area (Å²) in [4.78, 5) is 6.86. The average molecular weight is 385 g/mol. The van der Waals surface area contributed by atoms with Crippen LogP contribution in [0.5, 0.6) is 0 Å². The molecule has 1 N–H and O–H groups in total. The van der Waals surface area contributed by atoms with Gasteiger partial charge < -0.3 is 4.90 Å². The molecule has 0 radical (unpaired) electrons. The number of nitrogens with zero attached hydrogens (tertiary/aromatic N) is 3. The molecule has 0 aliphatic rings. The highest BCUT2D eigenvalue weighted by Crippen LogP contribution is 2.26. The largest absolute Gasteiger partial charge is 0.372 e. The summed E-state index contributed by atoms with van der Waals surface area (Å²) in [6.45, 7) is 6.33. The molecule has 0 fully saturated rings.